The number of aromatic nitrogens is 2. The summed E-state index contributed by atoms with van der Waals surface area (Å²) in [6, 6.07) is -0.287. The van der Waals surface area contributed by atoms with Gasteiger partial charge in [-0.25, -0.2) is 0 Å². The van der Waals surface area contributed by atoms with Crippen LogP contribution in [-0.2, 0) is 4.79 Å². The molecule has 0 aliphatic carbocycles. The minimum absolute atomic E-state index is 0.0105. The van der Waals surface area contributed by atoms with Gasteiger partial charge in [0.15, 0.2) is 3.92 Å². The predicted molar refractivity (Wildman–Crippen MR) is 59.4 cm³/mol. The maximum absolute atomic E-state index is 11.5. The molecule has 1 rings (SSSR count). The van der Waals surface area contributed by atoms with Crippen molar-refractivity contribution in [3.63, 3.8) is 0 Å². The number of amides is 1. The molecule has 0 fully saturated rings. The molecule has 0 saturated heterocycles. The van der Waals surface area contributed by atoms with Crippen LogP contribution >= 0.6 is 27.3 Å². The van der Waals surface area contributed by atoms with Gasteiger partial charge in [-0.05, 0) is 22.9 Å². The second-order valence-corrected chi connectivity index (χ2v) is 5.21. The molecule has 1 amide bonds. The Morgan fingerprint density at radius 1 is 1.57 bits per heavy atom. The standard InChI is InChI=1S/C7H11BrN4OS/c1-4(5(13)12(2)3)9-7-11-10-6(8)14-7/h4H,1-3H3,(H,9,11). The molecule has 1 aromatic rings. The van der Waals surface area contributed by atoms with Crippen LogP contribution in [0.25, 0.3) is 0 Å². The Morgan fingerprint density at radius 2 is 2.21 bits per heavy atom. The number of carbonyl (C=O) groups is 1. The summed E-state index contributed by atoms with van der Waals surface area (Å²) in [6.45, 7) is 1.79. The molecule has 1 atom stereocenters. The molecular weight excluding hydrogens is 268 g/mol. The van der Waals surface area contributed by atoms with Crippen LogP contribution in [-0.4, -0.2) is 41.1 Å². The third-order valence-corrected chi connectivity index (χ3v) is 2.84. The van der Waals surface area contributed by atoms with E-state index in [1.807, 2.05) is 0 Å². The zero-order chi connectivity index (χ0) is 10.7. The van der Waals surface area contributed by atoms with E-state index in [0.29, 0.717) is 9.05 Å². The molecule has 0 spiro atoms. The lowest BCUT2D eigenvalue weighted by Gasteiger charge is -2.16. The van der Waals surface area contributed by atoms with Crippen molar-refractivity contribution in [2.24, 2.45) is 0 Å². The van der Waals surface area contributed by atoms with E-state index in [9.17, 15) is 4.79 Å². The average molecular weight is 279 g/mol. The summed E-state index contributed by atoms with van der Waals surface area (Å²) in [5.74, 6) is 0.0105. The molecule has 0 radical (unpaired) electrons. The smallest absolute Gasteiger partial charge is 0.244 e. The molecule has 14 heavy (non-hydrogen) atoms. The van der Waals surface area contributed by atoms with Crippen molar-refractivity contribution < 1.29 is 4.79 Å². The highest BCUT2D eigenvalue weighted by atomic mass is 79.9. The number of hydrogen-bond acceptors (Lipinski definition) is 5. The summed E-state index contributed by atoms with van der Waals surface area (Å²) in [6.07, 6.45) is 0. The molecule has 1 heterocycles. The van der Waals surface area contributed by atoms with Crippen LogP contribution in [0.15, 0.2) is 3.92 Å². The summed E-state index contributed by atoms with van der Waals surface area (Å²) < 4.78 is 0.699. The Bertz CT molecular complexity index is 327. The van der Waals surface area contributed by atoms with Crippen molar-refractivity contribution in [3.05, 3.63) is 3.92 Å². The molecule has 1 aromatic heterocycles. The van der Waals surface area contributed by atoms with E-state index in [4.69, 9.17) is 0 Å². The molecule has 1 N–H and O–H groups in total. The minimum atomic E-state index is -0.287. The second kappa shape index (κ2) is 4.70. The highest BCUT2D eigenvalue weighted by Crippen LogP contribution is 2.20. The zero-order valence-corrected chi connectivity index (χ0v) is 10.5. The fourth-order valence-electron chi connectivity index (χ4n) is 0.898. The molecule has 1 unspecified atom stereocenters. The lowest BCUT2D eigenvalue weighted by molar-refractivity contribution is -0.129. The summed E-state index contributed by atoms with van der Waals surface area (Å²) in [7, 11) is 3.44. The third-order valence-electron chi connectivity index (χ3n) is 1.55. The number of rotatable bonds is 3. The van der Waals surface area contributed by atoms with E-state index in [1.165, 1.54) is 16.2 Å². The summed E-state index contributed by atoms with van der Waals surface area (Å²) >= 11 is 4.56. The number of nitrogens with one attached hydrogen (secondary N) is 1. The third kappa shape index (κ3) is 2.91. The molecule has 0 aliphatic heterocycles. The van der Waals surface area contributed by atoms with E-state index < -0.39 is 0 Å². The average Bonchev–Trinajstić information content (AvgIpc) is 2.49. The molecular formula is C7H11BrN4OS. The quantitative estimate of drug-likeness (QED) is 0.903. The molecule has 7 heteroatoms. The predicted octanol–water partition coefficient (Wildman–Crippen LogP) is 1.19. The van der Waals surface area contributed by atoms with E-state index in [-0.39, 0.29) is 11.9 Å². The highest BCUT2D eigenvalue weighted by molar-refractivity contribution is 9.11. The van der Waals surface area contributed by atoms with Gasteiger partial charge in [0, 0.05) is 14.1 Å². The minimum Gasteiger partial charge on any atom is -0.349 e. The SMILES string of the molecule is CC(Nc1nnc(Br)s1)C(=O)N(C)C. The van der Waals surface area contributed by atoms with E-state index >= 15 is 0 Å². The van der Waals surface area contributed by atoms with Crippen molar-refractivity contribution in [2.45, 2.75) is 13.0 Å². The van der Waals surface area contributed by atoms with Crippen LogP contribution in [0.3, 0.4) is 0 Å². The van der Waals surface area contributed by atoms with Crippen LogP contribution < -0.4 is 5.32 Å². The van der Waals surface area contributed by atoms with Crippen molar-refractivity contribution in [1.29, 1.82) is 0 Å². The second-order valence-electron chi connectivity index (χ2n) is 2.96. The summed E-state index contributed by atoms with van der Waals surface area (Å²) in [5.41, 5.74) is 0. The summed E-state index contributed by atoms with van der Waals surface area (Å²) in [5, 5.41) is 11.2. The lowest BCUT2D eigenvalue weighted by atomic mass is 10.3. The fourth-order valence-corrected chi connectivity index (χ4v) is 2.00. The largest absolute Gasteiger partial charge is 0.349 e. The van der Waals surface area contributed by atoms with Crippen LogP contribution in [0, 0.1) is 0 Å². The number of hydrogen-bond donors (Lipinski definition) is 1. The van der Waals surface area contributed by atoms with E-state index in [1.54, 1.807) is 21.0 Å². The van der Waals surface area contributed by atoms with Gasteiger partial charge in [-0.15, -0.1) is 10.2 Å². The maximum Gasteiger partial charge on any atom is 0.244 e. The highest BCUT2D eigenvalue weighted by Gasteiger charge is 2.15. The van der Waals surface area contributed by atoms with Crippen LogP contribution in [0.4, 0.5) is 5.13 Å². The van der Waals surface area contributed by atoms with Gasteiger partial charge in [-0.3, -0.25) is 4.79 Å². The number of nitrogens with zero attached hydrogens (tertiary/aromatic N) is 3. The topological polar surface area (TPSA) is 58.1 Å². The van der Waals surface area contributed by atoms with Gasteiger partial charge in [0.25, 0.3) is 0 Å². The number of halogens is 1. The number of carbonyl (C=O) groups excluding carboxylic acids is 1. The first-order valence-corrected chi connectivity index (χ1v) is 5.58. The fraction of sp³-hybridized carbons (Fsp3) is 0.571. The van der Waals surface area contributed by atoms with E-state index in [2.05, 4.69) is 31.4 Å². The molecule has 78 valence electrons. The van der Waals surface area contributed by atoms with Gasteiger partial charge in [-0.2, -0.15) is 0 Å². The van der Waals surface area contributed by atoms with Gasteiger partial charge >= 0.3 is 0 Å². The van der Waals surface area contributed by atoms with Crippen molar-refractivity contribution >= 4 is 38.3 Å². The monoisotopic (exact) mass is 278 g/mol. The number of likely N-dealkylation sites (N-methyl/N-ethyl adjacent to an activating group) is 1. The number of anilines is 1. The lowest BCUT2D eigenvalue weighted by Crippen LogP contribution is -2.36. The zero-order valence-electron chi connectivity index (χ0n) is 8.11. The molecule has 5 nitrogen and oxygen atoms in total. The first kappa shape index (κ1) is 11.4. The van der Waals surface area contributed by atoms with Crippen LogP contribution in [0.2, 0.25) is 0 Å². The first-order chi connectivity index (χ1) is 6.50. The Morgan fingerprint density at radius 3 is 2.64 bits per heavy atom. The Labute approximate surface area is 94.6 Å². The first-order valence-electron chi connectivity index (χ1n) is 3.97. The van der Waals surface area contributed by atoms with Gasteiger partial charge < -0.3 is 10.2 Å². The Hall–Kier alpha value is -0.690. The van der Waals surface area contributed by atoms with Gasteiger partial charge in [0.2, 0.25) is 11.0 Å². The molecule has 0 aromatic carbocycles. The van der Waals surface area contributed by atoms with Crippen LogP contribution in [0.1, 0.15) is 6.92 Å². The molecule has 0 bridgehead atoms. The van der Waals surface area contributed by atoms with Crippen molar-refractivity contribution in [1.82, 2.24) is 15.1 Å². The Kier molecular flexibility index (Phi) is 3.82. The van der Waals surface area contributed by atoms with E-state index in [0.717, 1.165) is 0 Å². The van der Waals surface area contributed by atoms with Crippen molar-refractivity contribution in [3.8, 4) is 0 Å². The van der Waals surface area contributed by atoms with Gasteiger partial charge in [0.1, 0.15) is 6.04 Å². The normalized spacial score (nSPS) is 12.3. The Balaban J connectivity index is 2.57. The van der Waals surface area contributed by atoms with Gasteiger partial charge in [-0.1, -0.05) is 11.3 Å². The molecule has 0 saturated carbocycles. The van der Waals surface area contributed by atoms with Crippen molar-refractivity contribution in [2.75, 3.05) is 19.4 Å². The van der Waals surface area contributed by atoms with Crippen LogP contribution in [0.5, 0.6) is 0 Å². The maximum atomic E-state index is 11.5. The summed E-state index contributed by atoms with van der Waals surface area (Å²) in [4.78, 5) is 13.0. The molecule has 0 aliphatic rings. The van der Waals surface area contributed by atoms with Gasteiger partial charge in [0.05, 0.1) is 0 Å².